The molecule has 142 valence electrons. The molecule has 1 heterocycles. The first-order valence-electron chi connectivity index (χ1n) is 8.40. The lowest BCUT2D eigenvalue weighted by Crippen LogP contribution is -2.25. The molecular formula is C21H16ClNO5. The van der Waals surface area contributed by atoms with Gasteiger partial charge < -0.3 is 14.5 Å². The molecule has 2 aromatic carbocycles. The van der Waals surface area contributed by atoms with Crippen LogP contribution in [-0.2, 0) is 4.74 Å². The Bertz CT molecular complexity index is 996. The molecule has 0 fully saturated rings. The van der Waals surface area contributed by atoms with Crippen molar-refractivity contribution in [2.75, 3.05) is 5.32 Å². The number of benzene rings is 2. The number of carbonyl (C=O) groups is 3. The van der Waals surface area contributed by atoms with E-state index in [4.69, 9.17) is 20.8 Å². The Morgan fingerprint density at radius 2 is 1.71 bits per heavy atom. The zero-order valence-electron chi connectivity index (χ0n) is 14.8. The van der Waals surface area contributed by atoms with Crippen LogP contribution in [0.1, 0.15) is 38.2 Å². The molecule has 1 aromatic heterocycles. The van der Waals surface area contributed by atoms with Crippen molar-refractivity contribution < 1.29 is 23.5 Å². The van der Waals surface area contributed by atoms with Crippen molar-refractivity contribution >= 4 is 34.9 Å². The molecule has 1 amide bonds. The van der Waals surface area contributed by atoms with Crippen molar-refractivity contribution in [1.29, 1.82) is 0 Å². The zero-order valence-corrected chi connectivity index (χ0v) is 15.6. The van der Waals surface area contributed by atoms with Gasteiger partial charge in [-0.05, 0) is 55.5 Å². The minimum atomic E-state index is -1.01. The quantitative estimate of drug-likeness (QED) is 0.484. The summed E-state index contributed by atoms with van der Waals surface area (Å²) in [6, 6.07) is 15.7. The molecule has 1 atom stereocenters. The van der Waals surface area contributed by atoms with Crippen LogP contribution in [0.4, 0.5) is 5.69 Å². The largest absolute Gasteiger partial charge is 0.459 e. The number of hydrogen-bond acceptors (Lipinski definition) is 5. The molecule has 0 bridgehead atoms. The summed E-state index contributed by atoms with van der Waals surface area (Å²) in [4.78, 5) is 37.2. The summed E-state index contributed by atoms with van der Waals surface area (Å²) in [7, 11) is 0. The topological polar surface area (TPSA) is 85.6 Å². The average molecular weight is 398 g/mol. The van der Waals surface area contributed by atoms with E-state index in [2.05, 4.69) is 5.32 Å². The van der Waals surface area contributed by atoms with Crippen molar-refractivity contribution in [3.8, 4) is 0 Å². The number of Topliss-reactive ketones (excluding diaryl/α,β-unsaturated/α-hetero) is 1. The first-order valence-corrected chi connectivity index (χ1v) is 8.78. The fourth-order valence-corrected chi connectivity index (χ4v) is 2.61. The molecule has 28 heavy (non-hydrogen) atoms. The van der Waals surface area contributed by atoms with Crippen molar-refractivity contribution in [1.82, 2.24) is 0 Å². The number of esters is 1. The van der Waals surface area contributed by atoms with Gasteiger partial charge in [0.1, 0.15) is 0 Å². The fraction of sp³-hybridized carbons (Fsp3) is 0.0952. The highest BCUT2D eigenvalue weighted by molar-refractivity contribution is 6.30. The molecule has 1 N–H and O–H groups in total. The average Bonchev–Trinajstić information content (AvgIpc) is 3.23. The molecule has 6 nitrogen and oxygen atoms in total. The first-order chi connectivity index (χ1) is 13.5. The van der Waals surface area contributed by atoms with E-state index in [1.165, 1.54) is 25.3 Å². The first kappa shape index (κ1) is 19.4. The van der Waals surface area contributed by atoms with Crippen LogP contribution in [-0.4, -0.2) is 23.8 Å². The van der Waals surface area contributed by atoms with Gasteiger partial charge in [0, 0.05) is 10.6 Å². The van der Waals surface area contributed by atoms with Gasteiger partial charge in [-0.2, -0.15) is 0 Å². The molecule has 0 unspecified atom stereocenters. The molecule has 0 aliphatic carbocycles. The molecule has 0 aliphatic rings. The maximum Gasteiger partial charge on any atom is 0.340 e. The molecule has 0 saturated heterocycles. The highest BCUT2D eigenvalue weighted by Crippen LogP contribution is 2.19. The van der Waals surface area contributed by atoms with E-state index in [0.29, 0.717) is 10.6 Å². The smallest absolute Gasteiger partial charge is 0.340 e. The maximum atomic E-state index is 12.6. The third-order valence-corrected chi connectivity index (χ3v) is 4.17. The van der Waals surface area contributed by atoms with Gasteiger partial charge >= 0.3 is 5.97 Å². The van der Waals surface area contributed by atoms with Crippen molar-refractivity contribution in [3.05, 3.63) is 88.8 Å². The number of ether oxygens (including phenoxy) is 1. The van der Waals surface area contributed by atoms with Gasteiger partial charge in [-0.3, -0.25) is 9.59 Å². The summed E-state index contributed by atoms with van der Waals surface area (Å²) in [6.45, 7) is 1.49. The molecular weight excluding hydrogens is 382 g/mol. The predicted octanol–water partition coefficient (Wildman–Crippen LogP) is 4.61. The van der Waals surface area contributed by atoms with Gasteiger partial charge in [-0.25, -0.2) is 4.79 Å². The van der Waals surface area contributed by atoms with Gasteiger partial charge in [0.2, 0.25) is 5.78 Å². The van der Waals surface area contributed by atoms with Gasteiger partial charge in [0.25, 0.3) is 5.91 Å². The Hall–Kier alpha value is -3.38. The van der Waals surface area contributed by atoms with Crippen LogP contribution in [0.3, 0.4) is 0 Å². The third kappa shape index (κ3) is 4.47. The van der Waals surface area contributed by atoms with Crippen LogP contribution in [0.15, 0.2) is 71.3 Å². The molecule has 0 saturated carbocycles. The monoisotopic (exact) mass is 397 g/mol. The number of hydrogen-bond donors (Lipinski definition) is 1. The van der Waals surface area contributed by atoms with E-state index in [9.17, 15) is 14.4 Å². The Kier molecular flexibility index (Phi) is 5.91. The van der Waals surface area contributed by atoms with E-state index in [-0.39, 0.29) is 22.8 Å². The highest BCUT2D eigenvalue weighted by atomic mass is 35.5. The number of nitrogens with one attached hydrogen (secondary N) is 1. The van der Waals surface area contributed by atoms with Gasteiger partial charge in [-0.15, -0.1) is 0 Å². The fourth-order valence-electron chi connectivity index (χ4n) is 2.49. The second-order valence-corrected chi connectivity index (χ2v) is 6.33. The van der Waals surface area contributed by atoms with Crippen LogP contribution in [0.5, 0.6) is 0 Å². The van der Waals surface area contributed by atoms with E-state index in [0.717, 1.165) is 0 Å². The van der Waals surface area contributed by atoms with Crippen LogP contribution < -0.4 is 5.32 Å². The van der Waals surface area contributed by atoms with Gasteiger partial charge in [-0.1, -0.05) is 23.7 Å². The van der Waals surface area contributed by atoms with E-state index in [1.54, 1.807) is 48.5 Å². The molecule has 3 aromatic rings. The minimum absolute atomic E-state index is 0.106. The number of para-hydroxylation sites is 1. The Morgan fingerprint density at radius 1 is 1.00 bits per heavy atom. The maximum absolute atomic E-state index is 12.6. The Balaban J connectivity index is 1.72. The van der Waals surface area contributed by atoms with Gasteiger partial charge in [0.15, 0.2) is 11.9 Å². The molecule has 7 heteroatoms. The zero-order chi connectivity index (χ0) is 20.1. The summed E-state index contributed by atoms with van der Waals surface area (Å²) in [5.74, 6) is -1.49. The van der Waals surface area contributed by atoms with Crippen molar-refractivity contribution in [2.24, 2.45) is 0 Å². The van der Waals surface area contributed by atoms with E-state index in [1.807, 2.05) is 0 Å². The number of furan rings is 1. The van der Waals surface area contributed by atoms with Crippen LogP contribution in [0, 0.1) is 0 Å². The molecule has 0 radical (unpaired) electrons. The number of anilines is 1. The van der Waals surface area contributed by atoms with Crippen LogP contribution >= 0.6 is 11.6 Å². The Morgan fingerprint density at radius 3 is 2.39 bits per heavy atom. The Labute approximate surface area is 166 Å². The predicted molar refractivity (Wildman–Crippen MR) is 104 cm³/mol. The van der Waals surface area contributed by atoms with Crippen LogP contribution in [0.2, 0.25) is 5.02 Å². The summed E-state index contributed by atoms with van der Waals surface area (Å²) in [6.07, 6.45) is 0.363. The summed E-state index contributed by atoms with van der Waals surface area (Å²) in [5, 5.41) is 3.10. The minimum Gasteiger partial charge on any atom is -0.459 e. The standard InChI is InChI=1S/C21H16ClNO5/c1-13(19(24)14-8-10-15(22)11-9-14)28-21(26)16-5-2-3-6-17(16)23-20(25)18-7-4-12-27-18/h2-13H,1H3,(H,23,25)/t13-/m0/s1. The third-order valence-electron chi connectivity index (χ3n) is 3.92. The lowest BCUT2D eigenvalue weighted by molar-refractivity contribution is 0.0320. The lowest BCUT2D eigenvalue weighted by Gasteiger charge is -2.14. The number of ketones is 1. The second-order valence-electron chi connectivity index (χ2n) is 5.90. The molecule has 0 spiro atoms. The summed E-state index contributed by atoms with van der Waals surface area (Å²) < 4.78 is 10.3. The van der Waals surface area contributed by atoms with Gasteiger partial charge in [0.05, 0.1) is 17.5 Å². The highest BCUT2D eigenvalue weighted by Gasteiger charge is 2.23. The number of carbonyl (C=O) groups excluding carboxylic acids is 3. The summed E-state index contributed by atoms with van der Waals surface area (Å²) >= 11 is 5.82. The molecule has 3 rings (SSSR count). The normalized spacial score (nSPS) is 11.5. The number of amides is 1. The van der Waals surface area contributed by atoms with E-state index < -0.39 is 18.0 Å². The van der Waals surface area contributed by atoms with E-state index >= 15 is 0 Å². The molecule has 0 aliphatic heterocycles. The SMILES string of the molecule is C[C@H](OC(=O)c1ccccc1NC(=O)c1ccco1)C(=O)c1ccc(Cl)cc1. The second kappa shape index (κ2) is 8.54. The van der Waals surface area contributed by atoms with Crippen LogP contribution in [0.25, 0.3) is 0 Å². The lowest BCUT2D eigenvalue weighted by atomic mass is 10.1. The summed E-state index contributed by atoms with van der Waals surface area (Å²) in [5.41, 5.74) is 0.752. The number of rotatable bonds is 6. The van der Waals surface area contributed by atoms with Crippen molar-refractivity contribution in [3.63, 3.8) is 0 Å². The number of halogens is 1. The van der Waals surface area contributed by atoms with Crippen molar-refractivity contribution in [2.45, 2.75) is 13.0 Å².